The van der Waals surface area contributed by atoms with Crippen LogP contribution in [0.2, 0.25) is 10.0 Å². The predicted octanol–water partition coefficient (Wildman–Crippen LogP) is 5.17. The molecule has 28 heavy (non-hydrogen) atoms. The van der Waals surface area contributed by atoms with Crippen LogP contribution in [0.15, 0.2) is 47.2 Å². The van der Waals surface area contributed by atoms with E-state index in [1.165, 1.54) is 12.0 Å². The zero-order valence-electron chi connectivity index (χ0n) is 15.4. The van der Waals surface area contributed by atoms with Gasteiger partial charge in [-0.15, -0.1) is 0 Å². The number of halogens is 2. The van der Waals surface area contributed by atoms with Crippen molar-refractivity contribution in [1.29, 1.82) is 0 Å². The Labute approximate surface area is 173 Å². The Balaban J connectivity index is 1.55. The molecule has 1 aromatic carbocycles. The molecule has 0 unspecified atom stereocenters. The Hall–Kier alpha value is -1.95. The molecule has 2 saturated heterocycles. The van der Waals surface area contributed by atoms with Crippen LogP contribution in [-0.2, 0) is 0 Å². The lowest BCUT2D eigenvalue weighted by Crippen LogP contribution is -2.44. The highest BCUT2D eigenvalue weighted by Gasteiger charge is 2.49. The molecular formula is C21H20Cl2N4O. The van der Waals surface area contributed by atoms with Gasteiger partial charge in [0.25, 0.3) is 0 Å². The van der Waals surface area contributed by atoms with Crippen molar-refractivity contribution in [2.24, 2.45) is 0 Å². The van der Waals surface area contributed by atoms with Crippen LogP contribution in [0.4, 0.5) is 0 Å². The first-order chi connectivity index (χ1) is 13.6. The third-order valence-electron chi connectivity index (χ3n) is 6.29. The van der Waals surface area contributed by atoms with Gasteiger partial charge in [0.15, 0.2) is 0 Å². The summed E-state index contributed by atoms with van der Waals surface area (Å²) in [5, 5.41) is 5.40. The van der Waals surface area contributed by atoms with E-state index in [1.807, 2.05) is 24.3 Å². The van der Waals surface area contributed by atoms with Gasteiger partial charge in [-0.05, 0) is 62.1 Å². The zero-order valence-corrected chi connectivity index (χ0v) is 16.9. The van der Waals surface area contributed by atoms with Crippen LogP contribution in [0.5, 0.6) is 0 Å². The molecule has 0 spiro atoms. The maximum atomic E-state index is 6.33. The minimum atomic E-state index is 0.124. The minimum Gasteiger partial charge on any atom is -0.339 e. The minimum absolute atomic E-state index is 0.124. The molecule has 0 saturated carbocycles. The number of pyridine rings is 1. The molecule has 4 heterocycles. The lowest BCUT2D eigenvalue weighted by atomic mass is 9.76. The number of benzene rings is 1. The fourth-order valence-corrected chi connectivity index (χ4v) is 5.18. The molecule has 3 aromatic rings. The maximum absolute atomic E-state index is 6.33. The standard InChI is InChI=1S/C21H20Cl2N4O/c1-27-14-5-7-18(27)19(15(10-14)12-4-6-16(22)17(23)9-12)21-25-20(26-28-21)13-3-2-8-24-11-13/h2-4,6,8-9,11,14-15,18-19H,5,7,10H2,1H3/t14-,15+,18+,19+/m1/s1. The number of fused-ring (bicyclic) bond motifs is 2. The van der Waals surface area contributed by atoms with Crippen LogP contribution in [0.1, 0.15) is 42.6 Å². The topological polar surface area (TPSA) is 55.1 Å². The van der Waals surface area contributed by atoms with Crippen LogP contribution < -0.4 is 0 Å². The second-order valence-corrected chi connectivity index (χ2v) is 8.52. The molecule has 0 N–H and O–H groups in total. The molecule has 2 aliphatic heterocycles. The lowest BCUT2D eigenvalue weighted by molar-refractivity contribution is 0.120. The fraction of sp³-hybridized carbons (Fsp3) is 0.381. The van der Waals surface area contributed by atoms with E-state index in [2.05, 4.69) is 28.2 Å². The summed E-state index contributed by atoms with van der Waals surface area (Å²) in [6.45, 7) is 0. The third-order valence-corrected chi connectivity index (χ3v) is 7.03. The number of hydrogen-bond acceptors (Lipinski definition) is 5. The van der Waals surface area contributed by atoms with E-state index in [4.69, 9.17) is 32.7 Å². The third kappa shape index (κ3) is 3.02. The largest absolute Gasteiger partial charge is 0.339 e. The second kappa shape index (κ2) is 7.14. The molecule has 2 bridgehead atoms. The molecule has 0 radical (unpaired) electrons. The summed E-state index contributed by atoms with van der Waals surface area (Å²) < 4.78 is 5.79. The van der Waals surface area contributed by atoms with Crippen molar-refractivity contribution in [3.05, 3.63) is 64.2 Å². The van der Waals surface area contributed by atoms with Gasteiger partial charge in [-0.1, -0.05) is 34.4 Å². The summed E-state index contributed by atoms with van der Waals surface area (Å²) in [6.07, 6.45) is 6.86. The van der Waals surface area contributed by atoms with Crippen molar-refractivity contribution in [2.75, 3.05) is 7.05 Å². The van der Waals surface area contributed by atoms with Gasteiger partial charge in [0.05, 0.1) is 16.0 Å². The number of likely N-dealkylation sites (N-methyl/N-ethyl adjacent to an activating group) is 1. The number of hydrogen-bond donors (Lipinski definition) is 0. The summed E-state index contributed by atoms with van der Waals surface area (Å²) in [5.41, 5.74) is 2.04. The summed E-state index contributed by atoms with van der Waals surface area (Å²) in [4.78, 5) is 11.4. The quantitative estimate of drug-likeness (QED) is 0.591. The van der Waals surface area contributed by atoms with Crippen molar-refractivity contribution >= 4 is 23.2 Å². The van der Waals surface area contributed by atoms with Gasteiger partial charge in [-0.3, -0.25) is 9.88 Å². The monoisotopic (exact) mass is 414 g/mol. The van der Waals surface area contributed by atoms with Crippen LogP contribution in [0, 0.1) is 0 Å². The molecule has 0 aliphatic carbocycles. The first-order valence-corrected chi connectivity index (χ1v) is 10.3. The number of aromatic nitrogens is 3. The number of rotatable bonds is 3. The van der Waals surface area contributed by atoms with E-state index >= 15 is 0 Å². The molecule has 2 aliphatic rings. The molecular weight excluding hydrogens is 395 g/mol. The average Bonchev–Trinajstić information content (AvgIpc) is 3.28. The van der Waals surface area contributed by atoms with Gasteiger partial charge in [-0.2, -0.15) is 4.98 Å². The molecule has 4 atom stereocenters. The Bertz CT molecular complexity index is 993. The first-order valence-electron chi connectivity index (χ1n) is 9.52. The highest BCUT2D eigenvalue weighted by molar-refractivity contribution is 6.42. The Morgan fingerprint density at radius 2 is 2.04 bits per heavy atom. The first kappa shape index (κ1) is 18.1. The van der Waals surface area contributed by atoms with Gasteiger partial charge in [-0.25, -0.2) is 0 Å². The van der Waals surface area contributed by atoms with Gasteiger partial charge in [0.2, 0.25) is 11.7 Å². The molecule has 5 rings (SSSR count). The van der Waals surface area contributed by atoms with Crippen molar-refractivity contribution in [3.63, 3.8) is 0 Å². The van der Waals surface area contributed by atoms with Gasteiger partial charge >= 0.3 is 0 Å². The van der Waals surface area contributed by atoms with Gasteiger partial charge in [0, 0.05) is 30.0 Å². The van der Waals surface area contributed by atoms with E-state index in [0.717, 1.165) is 18.4 Å². The zero-order chi connectivity index (χ0) is 19.3. The Morgan fingerprint density at radius 3 is 2.82 bits per heavy atom. The van der Waals surface area contributed by atoms with Crippen molar-refractivity contribution < 1.29 is 4.52 Å². The second-order valence-electron chi connectivity index (χ2n) is 7.70. The molecule has 0 amide bonds. The van der Waals surface area contributed by atoms with Crippen LogP contribution in [0.3, 0.4) is 0 Å². The lowest BCUT2D eigenvalue weighted by Gasteiger charge is -2.41. The number of nitrogens with zero attached hydrogens (tertiary/aromatic N) is 4. The summed E-state index contributed by atoms with van der Waals surface area (Å²) in [6, 6.07) is 10.7. The SMILES string of the molecule is CN1[C@@H]2CC[C@H]1[C@@H](c1nc(-c3cccnc3)no1)[C@H](c1ccc(Cl)c(Cl)c1)C2. The van der Waals surface area contributed by atoms with E-state index < -0.39 is 0 Å². The molecule has 144 valence electrons. The van der Waals surface area contributed by atoms with E-state index in [-0.39, 0.29) is 11.8 Å². The van der Waals surface area contributed by atoms with Gasteiger partial charge in [0.1, 0.15) is 0 Å². The molecule has 2 fully saturated rings. The summed E-state index contributed by atoms with van der Waals surface area (Å²) >= 11 is 12.5. The van der Waals surface area contributed by atoms with Crippen LogP contribution in [0.25, 0.3) is 11.4 Å². The fourth-order valence-electron chi connectivity index (χ4n) is 4.87. The normalized spacial score (nSPS) is 27.2. The molecule has 7 heteroatoms. The maximum Gasteiger partial charge on any atom is 0.232 e. The smallest absolute Gasteiger partial charge is 0.232 e. The van der Waals surface area contributed by atoms with Gasteiger partial charge < -0.3 is 4.52 Å². The van der Waals surface area contributed by atoms with Crippen molar-refractivity contribution in [3.8, 4) is 11.4 Å². The van der Waals surface area contributed by atoms with Crippen LogP contribution >= 0.6 is 23.2 Å². The van der Waals surface area contributed by atoms with Crippen LogP contribution in [-0.4, -0.2) is 39.2 Å². The van der Waals surface area contributed by atoms with E-state index in [9.17, 15) is 0 Å². The summed E-state index contributed by atoms with van der Waals surface area (Å²) in [5.74, 6) is 1.66. The predicted molar refractivity (Wildman–Crippen MR) is 109 cm³/mol. The van der Waals surface area contributed by atoms with E-state index in [1.54, 1.807) is 12.4 Å². The molecule has 2 aromatic heterocycles. The van der Waals surface area contributed by atoms with Crippen molar-refractivity contribution in [2.45, 2.75) is 43.2 Å². The summed E-state index contributed by atoms with van der Waals surface area (Å²) in [7, 11) is 2.21. The van der Waals surface area contributed by atoms with Crippen molar-refractivity contribution in [1.82, 2.24) is 20.0 Å². The highest BCUT2D eigenvalue weighted by atomic mass is 35.5. The Morgan fingerprint density at radius 1 is 1.14 bits per heavy atom. The Kier molecular flexibility index (Phi) is 4.62. The van der Waals surface area contributed by atoms with E-state index in [0.29, 0.717) is 33.8 Å². The number of piperidine rings is 1. The molecule has 5 nitrogen and oxygen atoms in total. The average molecular weight is 415 g/mol. The highest BCUT2D eigenvalue weighted by Crippen LogP contribution is 2.51.